The summed E-state index contributed by atoms with van der Waals surface area (Å²) in [4.78, 5) is 13.1. The Labute approximate surface area is 89.6 Å². The molecule has 0 unspecified atom stereocenters. The van der Waals surface area contributed by atoms with E-state index in [1.165, 1.54) is 7.11 Å². The Hall–Kier alpha value is -1.39. The summed E-state index contributed by atoms with van der Waals surface area (Å²) in [6.07, 6.45) is 0. The van der Waals surface area contributed by atoms with Crippen LogP contribution < -0.4 is 10.6 Å². The average Bonchev–Trinajstić information content (AvgIpc) is 2.28. The van der Waals surface area contributed by atoms with Gasteiger partial charge in [-0.05, 0) is 11.6 Å². The van der Waals surface area contributed by atoms with Crippen LogP contribution in [0.3, 0.4) is 0 Å². The van der Waals surface area contributed by atoms with Crippen LogP contribution in [-0.2, 0) is 16.1 Å². The fraction of sp³-hybridized carbons (Fsp3) is 0.364. The SMILES string of the molecule is COCC(=O)N(C)c1ccccc1CN. The lowest BCUT2D eigenvalue weighted by Gasteiger charge is -2.19. The van der Waals surface area contributed by atoms with Gasteiger partial charge in [0.1, 0.15) is 6.61 Å². The molecule has 1 amide bonds. The molecular formula is C11H16N2O2. The number of ether oxygens (including phenoxy) is 1. The molecule has 0 saturated carbocycles. The van der Waals surface area contributed by atoms with E-state index in [1.807, 2.05) is 24.3 Å². The third kappa shape index (κ3) is 2.78. The van der Waals surface area contributed by atoms with Crippen molar-refractivity contribution >= 4 is 11.6 Å². The van der Waals surface area contributed by atoms with Gasteiger partial charge in [0.2, 0.25) is 0 Å². The molecule has 0 aromatic heterocycles. The van der Waals surface area contributed by atoms with Crippen molar-refractivity contribution in [2.24, 2.45) is 5.73 Å². The molecule has 82 valence electrons. The number of hydrogen-bond donors (Lipinski definition) is 1. The number of anilines is 1. The van der Waals surface area contributed by atoms with E-state index in [2.05, 4.69) is 0 Å². The van der Waals surface area contributed by atoms with Crippen LogP contribution in [0.25, 0.3) is 0 Å². The van der Waals surface area contributed by atoms with Crippen molar-refractivity contribution in [1.82, 2.24) is 0 Å². The molecule has 0 radical (unpaired) electrons. The van der Waals surface area contributed by atoms with Crippen molar-refractivity contribution in [3.63, 3.8) is 0 Å². The molecule has 0 fully saturated rings. The summed E-state index contributed by atoms with van der Waals surface area (Å²) < 4.78 is 4.80. The predicted octanol–water partition coefficient (Wildman–Crippen LogP) is 0.755. The Bertz CT molecular complexity index is 339. The van der Waals surface area contributed by atoms with Crippen LogP contribution in [0, 0.1) is 0 Å². The summed E-state index contributed by atoms with van der Waals surface area (Å²) >= 11 is 0. The number of carbonyl (C=O) groups excluding carboxylic acids is 1. The Balaban J connectivity index is 2.89. The Morgan fingerprint density at radius 3 is 2.73 bits per heavy atom. The van der Waals surface area contributed by atoms with E-state index in [1.54, 1.807) is 11.9 Å². The number of para-hydroxylation sites is 1. The first-order chi connectivity index (χ1) is 7.20. The topological polar surface area (TPSA) is 55.6 Å². The van der Waals surface area contributed by atoms with Crippen molar-refractivity contribution in [2.75, 3.05) is 25.7 Å². The van der Waals surface area contributed by atoms with E-state index < -0.39 is 0 Å². The zero-order valence-corrected chi connectivity index (χ0v) is 9.06. The number of amides is 1. The molecule has 1 aromatic carbocycles. The van der Waals surface area contributed by atoms with E-state index in [-0.39, 0.29) is 12.5 Å². The van der Waals surface area contributed by atoms with Crippen LogP contribution in [0.4, 0.5) is 5.69 Å². The highest BCUT2D eigenvalue weighted by Crippen LogP contribution is 2.18. The van der Waals surface area contributed by atoms with Gasteiger partial charge >= 0.3 is 0 Å². The molecule has 0 atom stereocenters. The van der Waals surface area contributed by atoms with E-state index in [0.29, 0.717) is 6.54 Å². The van der Waals surface area contributed by atoms with Gasteiger partial charge in [-0.25, -0.2) is 0 Å². The molecule has 0 spiro atoms. The molecule has 4 heteroatoms. The molecule has 15 heavy (non-hydrogen) atoms. The van der Waals surface area contributed by atoms with E-state index in [0.717, 1.165) is 11.3 Å². The Morgan fingerprint density at radius 1 is 1.47 bits per heavy atom. The Kier molecular flexibility index (Phi) is 4.27. The second-order valence-corrected chi connectivity index (χ2v) is 3.22. The zero-order chi connectivity index (χ0) is 11.3. The van der Waals surface area contributed by atoms with Crippen molar-refractivity contribution < 1.29 is 9.53 Å². The molecular weight excluding hydrogens is 192 g/mol. The summed E-state index contributed by atoms with van der Waals surface area (Å²) in [6.45, 7) is 0.496. The van der Waals surface area contributed by atoms with Crippen LogP contribution in [0.15, 0.2) is 24.3 Å². The number of nitrogens with two attached hydrogens (primary N) is 1. The number of hydrogen-bond acceptors (Lipinski definition) is 3. The second kappa shape index (κ2) is 5.48. The highest BCUT2D eigenvalue weighted by molar-refractivity contribution is 5.94. The number of nitrogens with zero attached hydrogens (tertiary/aromatic N) is 1. The fourth-order valence-corrected chi connectivity index (χ4v) is 1.37. The minimum absolute atomic E-state index is 0.0788. The van der Waals surface area contributed by atoms with Gasteiger partial charge in [-0.3, -0.25) is 4.79 Å². The number of likely N-dealkylation sites (N-methyl/N-ethyl adjacent to an activating group) is 1. The molecule has 1 aromatic rings. The first-order valence-corrected chi connectivity index (χ1v) is 4.74. The number of benzene rings is 1. The van der Waals surface area contributed by atoms with Gasteiger partial charge < -0.3 is 15.4 Å². The van der Waals surface area contributed by atoms with Gasteiger partial charge in [0, 0.05) is 26.4 Å². The van der Waals surface area contributed by atoms with Crippen molar-refractivity contribution in [3.8, 4) is 0 Å². The first-order valence-electron chi connectivity index (χ1n) is 4.74. The third-order valence-corrected chi connectivity index (χ3v) is 2.21. The first kappa shape index (κ1) is 11.7. The third-order valence-electron chi connectivity index (χ3n) is 2.21. The van der Waals surface area contributed by atoms with Gasteiger partial charge in [0.05, 0.1) is 0 Å². The highest BCUT2D eigenvalue weighted by Gasteiger charge is 2.12. The number of methoxy groups -OCH3 is 1. The van der Waals surface area contributed by atoms with Crippen LogP contribution in [-0.4, -0.2) is 26.7 Å². The number of carbonyl (C=O) groups is 1. The normalized spacial score (nSPS) is 10.1. The average molecular weight is 208 g/mol. The molecule has 4 nitrogen and oxygen atoms in total. The summed E-state index contributed by atoms with van der Waals surface area (Å²) in [5.41, 5.74) is 7.38. The van der Waals surface area contributed by atoms with Crippen molar-refractivity contribution in [1.29, 1.82) is 0 Å². The molecule has 1 rings (SSSR count). The van der Waals surface area contributed by atoms with Gasteiger partial charge in [-0.2, -0.15) is 0 Å². The summed E-state index contributed by atoms with van der Waals surface area (Å²) in [7, 11) is 3.22. The lowest BCUT2D eigenvalue weighted by Crippen LogP contribution is -2.30. The maximum Gasteiger partial charge on any atom is 0.252 e. The van der Waals surface area contributed by atoms with Crippen LogP contribution in [0.2, 0.25) is 0 Å². The minimum Gasteiger partial charge on any atom is -0.375 e. The maximum atomic E-state index is 11.6. The minimum atomic E-state index is -0.0848. The zero-order valence-electron chi connectivity index (χ0n) is 9.06. The van der Waals surface area contributed by atoms with E-state index >= 15 is 0 Å². The Morgan fingerprint density at radius 2 is 2.13 bits per heavy atom. The standard InChI is InChI=1S/C11H16N2O2/c1-13(11(14)8-15-2)10-6-4-3-5-9(10)7-12/h3-6H,7-8,12H2,1-2H3. The van der Waals surface area contributed by atoms with Crippen LogP contribution >= 0.6 is 0 Å². The monoisotopic (exact) mass is 208 g/mol. The smallest absolute Gasteiger partial charge is 0.252 e. The number of rotatable bonds is 4. The summed E-state index contributed by atoms with van der Waals surface area (Å²) in [6, 6.07) is 7.56. The van der Waals surface area contributed by atoms with Gasteiger partial charge in [-0.1, -0.05) is 18.2 Å². The fourth-order valence-electron chi connectivity index (χ4n) is 1.37. The molecule has 2 N–H and O–H groups in total. The van der Waals surface area contributed by atoms with Crippen molar-refractivity contribution in [2.45, 2.75) is 6.54 Å². The lowest BCUT2D eigenvalue weighted by molar-refractivity contribution is -0.121. The molecule has 0 aliphatic carbocycles. The van der Waals surface area contributed by atoms with E-state index in [9.17, 15) is 4.79 Å². The second-order valence-electron chi connectivity index (χ2n) is 3.22. The highest BCUT2D eigenvalue weighted by atomic mass is 16.5. The summed E-state index contributed by atoms with van der Waals surface area (Å²) in [5.74, 6) is -0.0848. The molecule has 0 aliphatic rings. The van der Waals surface area contributed by atoms with Gasteiger partial charge in [-0.15, -0.1) is 0 Å². The predicted molar refractivity (Wildman–Crippen MR) is 59.6 cm³/mol. The largest absolute Gasteiger partial charge is 0.375 e. The van der Waals surface area contributed by atoms with Gasteiger partial charge in [0.15, 0.2) is 0 Å². The molecule has 0 saturated heterocycles. The van der Waals surface area contributed by atoms with Crippen LogP contribution in [0.5, 0.6) is 0 Å². The molecule has 0 bridgehead atoms. The van der Waals surface area contributed by atoms with E-state index in [4.69, 9.17) is 10.5 Å². The molecule has 0 heterocycles. The van der Waals surface area contributed by atoms with Gasteiger partial charge in [0.25, 0.3) is 5.91 Å². The quantitative estimate of drug-likeness (QED) is 0.794. The molecule has 0 aliphatic heterocycles. The summed E-state index contributed by atoms with van der Waals surface area (Å²) in [5, 5.41) is 0. The lowest BCUT2D eigenvalue weighted by atomic mass is 10.1. The van der Waals surface area contributed by atoms with Crippen molar-refractivity contribution in [3.05, 3.63) is 29.8 Å². The maximum absolute atomic E-state index is 11.6. The van der Waals surface area contributed by atoms with Crippen LogP contribution in [0.1, 0.15) is 5.56 Å².